The SMILES string of the molecule is O=S(=O)(Nc1cc(Cl)ccc1N1CCCC1)c1ccc2c(c1)OCCCO2. The fourth-order valence-electron chi connectivity index (χ4n) is 3.34. The lowest BCUT2D eigenvalue weighted by molar-refractivity contribution is 0.297. The maximum Gasteiger partial charge on any atom is 0.262 e. The normalized spacial score (nSPS) is 16.9. The second-order valence-corrected chi connectivity index (χ2v) is 8.74. The third-order valence-corrected chi connectivity index (χ3v) is 6.28. The Morgan fingerprint density at radius 1 is 0.926 bits per heavy atom. The molecule has 1 saturated heterocycles. The average Bonchev–Trinajstić information content (AvgIpc) is 3.06. The first-order chi connectivity index (χ1) is 13.0. The number of nitrogens with one attached hydrogen (secondary N) is 1. The van der Waals surface area contributed by atoms with Crippen LogP contribution in [0.15, 0.2) is 41.3 Å². The lowest BCUT2D eigenvalue weighted by Gasteiger charge is -2.22. The quantitative estimate of drug-likeness (QED) is 0.830. The minimum Gasteiger partial charge on any atom is -0.490 e. The first kappa shape index (κ1) is 18.3. The van der Waals surface area contributed by atoms with Gasteiger partial charge in [0.2, 0.25) is 0 Å². The molecule has 0 unspecified atom stereocenters. The summed E-state index contributed by atoms with van der Waals surface area (Å²) in [6.45, 7) is 2.86. The Labute approximate surface area is 164 Å². The Balaban J connectivity index is 1.66. The van der Waals surface area contributed by atoms with Crippen molar-refractivity contribution >= 4 is 33.0 Å². The molecule has 1 N–H and O–H groups in total. The molecule has 0 radical (unpaired) electrons. The smallest absolute Gasteiger partial charge is 0.262 e. The zero-order valence-electron chi connectivity index (χ0n) is 14.8. The van der Waals surface area contributed by atoms with Crippen molar-refractivity contribution in [2.45, 2.75) is 24.2 Å². The number of hydrogen-bond donors (Lipinski definition) is 1. The Hall–Kier alpha value is -2.12. The van der Waals surface area contributed by atoms with E-state index in [1.807, 2.05) is 6.07 Å². The van der Waals surface area contributed by atoms with Crippen molar-refractivity contribution in [3.05, 3.63) is 41.4 Å². The van der Waals surface area contributed by atoms with Crippen LogP contribution in [-0.4, -0.2) is 34.7 Å². The molecule has 0 saturated carbocycles. The standard InChI is InChI=1S/C19H21ClN2O4S/c20-14-4-6-17(22-8-1-2-9-22)16(12-14)21-27(23,24)15-5-7-18-19(13-15)26-11-3-10-25-18/h4-7,12-13,21H,1-3,8-11H2. The molecule has 6 nitrogen and oxygen atoms in total. The van der Waals surface area contributed by atoms with Gasteiger partial charge in [0.25, 0.3) is 10.0 Å². The molecule has 2 aromatic carbocycles. The van der Waals surface area contributed by atoms with E-state index >= 15 is 0 Å². The summed E-state index contributed by atoms with van der Waals surface area (Å²) in [5.41, 5.74) is 1.33. The van der Waals surface area contributed by atoms with E-state index in [2.05, 4.69) is 9.62 Å². The van der Waals surface area contributed by atoms with Gasteiger partial charge in [0, 0.05) is 30.6 Å². The fourth-order valence-corrected chi connectivity index (χ4v) is 4.59. The number of fused-ring (bicyclic) bond motifs is 1. The van der Waals surface area contributed by atoms with Crippen molar-refractivity contribution < 1.29 is 17.9 Å². The lowest BCUT2D eigenvalue weighted by Crippen LogP contribution is -2.21. The molecule has 0 spiro atoms. The molecule has 0 bridgehead atoms. The molecule has 2 aliphatic rings. The number of ether oxygens (including phenoxy) is 2. The number of sulfonamides is 1. The van der Waals surface area contributed by atoms with Gasteiger partial charge >= 0.3 is 0 Å². The van der Waals surface area contributed by atoms with Gasteiger partial charge in [-0.3, -0.25) is 4.72 Å². The second kappa shape index (κ2) is 7.48. The van der Waals surface area contributed by atoms with Crippen molar-refractivity contribution in [1.29, 1.82) is 0 Å². The van der Waals surface area contributed by atoms with Gasteiger partial charge in [0.15, 0.2) is 11.5 Å². The van der Waals surface area contributed by atoms with Crippen molar-refractivity contribution in [2.24, 2.45) is 0 Å². The number of benzene rings is 2. The van der Waals surface area contributed by atoms with Crippen LogP contribution in [0.3, 0.4) is 0 Å². The number of halogens is 1. The summed E-state index contributed by atoms with van der Waals surface area (Å²) in [6, 6.07) is 9.95. The molecule has 0 amide bonds. The van der Waals surface area contributed by atoms with E-state index in [0.29, 0.717) is 35.4 Å². The van der Waals surface area contributed by atoms with Gasteiger partial charge in [-0.1, -0.05) is 11.6 Å². The van der Waals surface area contributed by atoms with Crippen molar-refractivity contribution in [3.8, 4) is 11.5 Å². The number of rotatable bonds is 4. The zero-order valence-corrected chi connectivity index (χ0v) is 16.4. The highest BCUT2D eigenvalue weighted by Gasteiger charge is 2.22. The largest absolute Gasteiger partial charge is 0.490 e. The predicted octanol–water partition coefficient (Wildman–Crippen LogP) is 3.90. The highest BCUT2D eigenvalue weighted by atomic mass is 35.5. The summed E-state index contributed by atoms with van der Waals surface area (Å²) in [6.07, 6.45) is 2.95. The lowest BCUT2D eigenvalue weighted by atomic mass is 10.2. The Morgan fingerprint density at radius 2 is 1.67 bits per heavy atom. The second-order valence-electron chi connectivity index (χ2n) is 6.62. The van der Waals surface area contributed by atoms with Crippen LogP contribution in [-0.2, 0) is 10.0 Å². The molecule has 2 heterocycles. The fraction of sp³-hybridized carbons (Fsp3) is 0.368. The van der Waals surface area contributed by atoms with Crippen molar-refractivity contribution in [2.75, 3.05) is 35.9 Å². The van der Waals surface area contributed by atoms with Gasteiger partial charge in [-0.25, -0.2) is 8.42 Å². The molecule has 2 aliphatic heterocycles. The van der Waals surface area contributed by atoms with Gasteiger partial charge < -0.3 is 14.4 Å². The Kier molecular flexibility index (Phi) is 5.06. The van der Waals surface area contributed by atoms with Gasteiger partial charge in [-0.05, 0) is 43.2 Å². The van der Waals surface area contributed by atoms with Crippen molar-refractivity contribution in [3.63, 3.8) is 0 Å². The van der Waals surface area contributed by atoms with Gasteiger partial charge in [0.05, 0.1) is 29.5 Å². The van der Waals surface area contributed by atoms with Crippen LogP contribution >= 0.6 is 11.6 Å². The topological polar surface area (TPSA) is 67.9 Å². The third kappa shape index (κ3) is 3.94. The summed E-state index contributed by atoms with van der Waals surface area (Å²) in [4.78, 5) is 2.29. The third-order valence-electron chi connectivity index (χ3n) is 4.68. The Morgan fingerprint density at radius 3 is 2.44 bits per heavy atom. The van der Waals surface area contributed by atoms with Crippen LogP contribution in [0.25, 0.3) is 0 Å². The molecule has 0 atom stereocenters. The summed E-state index contributed by atoms with van der Waals surface area (Å²) in [7, 11) is -3.80. The van der Waals surface area contributed by atoms with Gasteiger partial charge in [0.1, 0.15) is 0 Å². The first-order valence-corrected chi connectivity index (χ1v) is 10.9. The van der Waals surface area contributed by atoms with Crippen LogP contribution in [0.4, 0.5) is 11.4 Å². The molecule has 27 heavy (non-hydrogen) atoms. The van der Waals surface area contributed by atoms with Crippen LogP contribution in [0.1, 0.15) is 19.3 Å². The van der Waals surface area contributed by atoms with Crippen molar-refractivity contribution in [1.82, 2.24) is 0 Å². The van der Waals surface area contributed by atoms with Crippen LogP contribution in [0.5, 0.6) is 11.5 Å². The summed E-state index contributed by atoms with van der Waals surface area (Å²) in [5, 5.41) is 0.481. The van der Waals surface area contributed by atoms with E-state index in [-0.39, 0.29) is 4.90 Å². The minimum atomic E-state index is -3.80. The zero-order chi connectivity index (χ0) is 18.9. The maximum atomic E-state index is 13.0. The van der Waals surface area contributed by atoms with Crippen LogP contribution in [0.2, 0.25) is 5.02 Å². The molecule has 144 valence electrons. The van der Waals surface area contributed by atoms with E-state index in [1.54, 1.807) is 18.2 Å². The Bertz CT molecular complexity index is 943. The maximum absolute atomic E-state index is 13.0. The summed E-state index contributed by atoms with van der Waals surface area (Å²) >= 11 is 6.12. The summed E-state index contributed by atoms with van der Waals surface area (Å²) in [5.74, 6) is 1.01. The molecule has 0 aromatic heterocycles. The van der Waals surface area contributed by atoms with E-state index in [4.69, 9.17) is 21.1 Å². The van der Waals surface area contributed by atoms with Crippen LogP contribution < -0.4 is 19.1 Å². The molecule has 4 rings (SSSR count). The molecule has 2 aromatic rings. The number of nitrogens with zero attached hydrogens (tertiary/aromatic N) is 1. The number of anilines is 2. The highest BCUT2D eigenvalue weighted by molar-refractivity contribution is 7.92. The number of hydrogen-bond acceptors (Lipinski definition) is 5. The van der Waals surface area contributed by atoms with Crippen LogP contribution in [0, 0.1) is 0 Å². The molecular weight excluding hydrogens is 388 g/mol. The molecule has 0 aliphatic carbocycles. The minimum absolute atomic E-state index is 0.124. The van der Waals surface area contributed by atoms with E-state index in [9.17, 15) is 8.42 Å². The molecule has 8 heteroatoms. The van der Waals surface area contributed by atoms with Gasteiger partial charge in [-0.15, -0.1) is 0 Å². The van der Waals surface area contributed by atoms with E-state index in [1.165, 1.54) is 12.1 Å². The average molecular weight is 409 g/mol. The van der Waals surface area contributed by atoms with Gasteiger partial charge in [-0.2, -0.15) is 0 Å². The van der Waals surface area contributed by atoms with E-state index in [0.717, 1.165) is 38.0 Å². The highest BCUT2D eigenvalue weighted by Crippen LogP contribution is 2.35. The molecule has 1 fully saturated rings. The monoisotopic (exact) mass is 408 g/mol. The van der Waals surface area contributed by atoms with E-state index < -0.39 is 10.0 Å². The molecular formula is C19H21ClN2O4S. The summed E-state index contributed by atoms with van der Waals surface area (Å²) < 4.78 is 39.8. The predicted molar refractivity (Wildman–Crippen MR) is 106 cm³/mol. The first-order valence-electron chi connectivity index (χ1n) is 9.00.